The van der Waals surface area contributed by atoms with Gasteiger partial charge in [-0.2, -0.15) is 0 Å². The van der Waals surface area contributed by atoms with Crippen molar-refractivity contribution in [3.8, 4) is 0 Å². The largest absolute Gasteiger partial charge is 0.444 e. The number of nitrogens with zero attached hydrogens (tertiary/aromatic N) is 1. The van der Waals surface area contributed by atoms with Crippen molar-refractivity contribution in [1.29, 1.82) is 0 Å². The van der Waals surface area contributed by atoms with E-state index in [1.807, 2.05) is 26.8 Å². The van der Waals surface area contributed by atoms with E-state index in [9.17, 15) is 4.79 Å². The number of amides is 1. The van der Waals surface area contributed by atoms with Crippen molar-refractivity contribution in [2.24, 2.45) is 0 Å². The lowest BCUT2D eigenvalue weighted by Crippen LogP contribution is -2.42. The van der Waals surface area contributed by atoms with Crippen molar-refractivity contribution in [3.05, 3.63) is 35.9 Å². The molecule has 0 aliphatic heterocycles. The topological polar surface area (TPSA) is 53.6 Å². The Labute approximate surface area is 140 Å². The van der Waals surface area contributed by atoms with E-state index in [2.05, 4.69) is 53.8 Å². The molecule has 23 heavy (non-hydrogen) atoms. The summed E-state index contributed by atoms with van der Waals surface area (Å²) in [7, 11) is 2.12. The van der Waals surface area contributed by atoms with E-state index in [4.69, 9.17) is 4.74 Å². The van der Waals surface area contributed by atoms with E-state index >= 15 is 0 Å². The first kappa shape index (κ1) is 19.5. The van der Waals surface area contributed by atoms with E-state index in [0.717, 1.165) is 19.6 Å². The van der Waals surface area contributed by atoms with E-state index in [0.29, 0.717) is 12.6 Å². The first-order valence-corrected chi connectivity index (χ1v) is 8.19. The van der Waals surface area contributed by atoms with Crippen molar-refractivity contribution in [1.82, 2.24) is 15.5 Å². The standard InChI is InChI=1S/C18H31N3O2/c1-15(13-21(5)14-16-9-7-6-8-10-16)19-11-12-20-17(22)23-18(2,3)4/h6-10,15,19H,11-14H2,1-5H3,(H,20,22). The normalized spacial score (nSPS) is 13.0. The molecule has 130 valence electrons. The molecule has 0 aliphatic carbocycles. The highest BCUT2D eigenvalue weighted by Gasteiger charge is 2.15. The van der Waals surface area contributed by atoms with Gasteiger partial charge in [-0.1, -0.05) is 30.3 Å². The summed E-state index contributed by atoms with van der Waals surface area (Å²) in [6.07, 6.45) is -0.367. The van der Waals surface area contributed by atoms with Crippen LogP contribution in [0.3, 0.4) is 0 Å². The number of nitrogens with one attached hydrogen (secondary N) is 2. The smallest absolute Gasteiger partial charge is 0.407 e. The van der Waals surface area contributed by atoms with Crippen LogP contribution in [0.1, 0.15) is 33.3 Å². The second-order valence-corrected chi connectivity index (χ2v) is 6.97. The summed E-state index contributed by atoms with van der Waals surface area (Å²) in [5.41, 5.74) is 0.860. The maximum atomic E-state index is 11.5. The Bertz CT molecular complexity index is 457. The van der Waals surface area contributed by atoms with Crippen LogP contribution in [0, 0.1) is 0 Å². The van der Waals surface area contributed by atoms with Gasteiger partial charge < -0.3 is 20.3 Å². The van der Waals surface area contributed by atoms with Crippen LogP contribution in [0.25, 0.3) is 0 Å². The second kappa shape index (κ2) is 9.53. The summed E-state index contributed by atoms with van der Waals surface area (Å²) < 4.78 is 5.19. The Balaban J connectivity index is 2.14. The van der Waals surface area contributed by atoms with E-state index in [-0.39, 0.29) is 6.09 Å². The fraction of sp³-hybridized carbons (Fsp3) is 0.611. The molecule has 1 atom stereocenters. The predicted octanol–water partition coefficient (Wildman–Crippen LogP) is 2.62. The maximum Gasteiger partial charge on any atom is 0.407 e. The molecule has 0 aromatic heterocycles. The monoisotopic (exact) mass is 321 g/mol. The Kier molecular flexibility index (Phi) is 8.06. The minimum atomic E-state index is -0.453. The summed E-state index contributed by atoms with van der Waals surface area (Å²) in [6, 6.07) is 10.8. The lowest BCUT2D eigenvalue weighted by atomic mass is 10.2. The van der Waals surface area contributed by atoms with Gasteiger partial charge in [0, 0.05) is 32.2 Å². The third-order valence-corrected chi connectivity index (χ3v) is 3.17. The molecular weight excluding hydrogens is 290 g/mol. The molecule has 5 nitrogen and oxygen atoms in total. The van der Waals surface area contributed by atoms with Crippen LogP contribution in [0.4, 0.5) is 4.79 Å². The minimum absolute atomic E-state index is 0.351. The summed E-state index contributed by atoms with van der Waals surface area (Å²) in [6.45, 7) is 10.9. The number of carbonyl (C=O) groups excluding carboxylic acids is 1. The molecule has 0 spiro atoms. The number of rotatable bonds is 8. The minimum Gasteiger partial charge on any atom is -0.444 e. The molecule has 0 saturated carbocycles. The Hall–Kier alpha value is -1.59. The molecule has 0 bridgehead atoms. The van der Waals surface area contributed by atoms with Gasteiger partial charge in [0.05, 0.1) is 0 Å². The number of carbonyl (C=O) groups is 1. The van der Waals surface area contributed by atoms with Crippen LogP contribution in [0.2, 0.25) is 0 Å². The number of ether oxygens (including phenoxy) is 1. The van der Waals surface area contributed by atoms with Gasteiger partial charge >= 0.3 is 6.09 Å². The molecule has 0 radical (unpaired) electrons. The predicted molar refractivity (Wildman–Crippen MR) is 94.5 cm³/mol. The molecule has 2 N–H and O–H groups in total. The zero-order valence-electron chi connectivity index (χ0n) is 15.1. The van der Waals surface area contributed by atoms with Gasteiger partial charge in [-0.25, -0.2) is 4.79 Å². The molecule has 0 fully saturated rings. The molecule has 0 aliphatic rings. The quantitative estimate of drug-likeness (QED) is 0.723. The Morgan fingerprint density at radius 3 is 2.48 bits per heavy atom. The highest BCUT2D eigenvalue weighted by atomic mass is 16.6. The molecule has 1 unspecified atom stereocenters. The van der Waals surface area contributed by atoms with Gasteiger partial charge in [0.1, 0.15) is 5.60 Å². The average Bonchev–Trinajstić information content (AvgIpc) is 2.42. The third kappa shape index (κ3) is 9.92. The molecule has 1 aromatic carbocycles. The Morgan fingerprint density at radius 1 is 1.22 bits per heavy atom. The number of hydrogen-bond acceptors (Lipinski definition) is 4. The fourth-order valence-corrected chi connectivity index (χ4v) is 2.29. The molecular formula is C18H31N3O2. The van der Waals surface area contributed by atoms with Gasteiger partial charge in [0.25, 0.3) is 0 Å². The Morgan fingerprint density at radius 2 is 1.87 bits per heavy atom. The summed E-state index contributed by atoms with van der Waals surface area (Å²) in [5, 5.41) is 6.16. The highest BCUT2D eigenvalue weighted by molar-refractivity contribution is 5.67. The molecule has 0 saturated heterocycles. The summed E-state index contributed by atoms with van der Waals surface area (Å²) >= 11 is 0. The number of hydrogen-bond donors (Lipinski definition) is 2. The maximum absolute atomic E-state index is 11.5. The van der Waals surface area contributed by atoms with E-state index in [1.165, 1.54) is 5.56 Å². The third-order valence-electron chi connectivity index (χ3n) is 3.17. The molecule has 1 amide bonds. The zero-order valence-corrected chi connectivity index (χ0v) is 15.1. The second-order valence-electron chi connectivity index (χ2n) is 6.97. The van der Waals surface area contributed by atoms with Crippen LogP contribution >= 0.6 is 0 Å². The summed E-state index contributed by atoms with van der Waals surface area (Å²) in [5.74, 6) is 0. The van der Waals surface area contributed by atoms with Gasteiger partial charge in [-0.15, -0.1) is 0 Å². The van der Waals surface area contributed by atoms with Crippen molar-refractivity contribution in [3.63, 3.8) is 0 Å². The van der Waals surface area contributed by atoms with E-state index < -0.39 is 5.60 Å². The van der Waals surface area contributed by atoms with Crippen LogP contribution in [-0.4, -0.2) is 49.3 Å². The van der Waals surface area contributed by atoms with E-state index in [1.54, 1.807) is 0 Å². The van der Waals surface area contributed by atoms with Crippen molar-refractivity contribution >= 4 is 6.09 Å². The lowest BCUT2D eigenvalue weighted by Gasteiger charge is -2.23. The van der Waals surface area contributed by atoms with Gasteiger partial charge in [0.2, 0.25) is 0 Å². The van der Waals surface area contributed by atoms with Gasteiger partial charge in [-0.3, -0.25) is 0 Å². The van der Waals surface area contributed by atoms with Gasteiger partial charge in [0.15, 0.2) is 0 Å². The van der Waals surface area contributed by atoms with Gasteiger partial charge in [-0.05, 0) is 40.3 Å². The first-order valence-electron chi connectivity index (χ1n) is 8.19. The SMILES string of the molecule is CC(CN(C)Cc1ccccc1)NCCNC(=O)OC(C)(C)C. The number of likely N-dealkylation sites (N-methyl/N-ethyl adjacent to an activating group) is 1. The molecule has 0 heterocycles. The average molecular weight is 321 g/mol. The molecule has 5 heteroatoms. The molecule has 1 rings (SSSR count). The highest BCUT2D eigenvalue weighted by Crippen LogP contribution is 2.06. The number of alkyl carbamates (subject to hydrolysis) is 1. The van der Waals surface area contributed by atoms with Crippen LogP contribution in [-0.2, 0) is 11.3 Å². The molecule has 1 aromatic rings. The number of benzene rings is 1. The van der Waals surface area contributed by atoms with Crippen LogP contribution < -0.4 is 10.6 Å². The van der Waals surface area contributed by atoms with Crippen molar-refractivity contribution < 1.29 is 9.53 Å². The first-order chi connectivity index (χ1) is 10.8. The summed E-state index contributed by atoms with van der Waals surface area (Å²) in [4.78, 5) is 13.8. The van der Waals surface area contributed by atoms with Crippen molar-refractivity contribution in [2.75, 3.05) is 26.7 Å². The van der Waals surface area contributed by atoms with Crippen LogP contribution in [0.15, 0.2) is 30.3 Å². The zero-order chi connectivity index (χ0) is 17.3. The van der Waals surface area contributed by atoms with Crippen molar-refractivity contribution in [2.45, 2.75) is 45.9 Å². The fourth-order valence-electron chi connectivity index (χ4n) is 2.29. The van der Waals surface area contributed by atoms with Crippen LogP contribution in [0.5, 0.6) is 0 Å². The lowest BCUT2D eigenvalue weighted by molar-refractivity contribution is 0.0528.